The summed E-state index contributed by atoms with van der Waals surface area (Å²) in [4.78, 5) is 25.0. The fourth-order valence-electron chi connectivity index (χ4n) is 1.96. The van der Waals surface area contributed by atoms with Crippen LogP contribution >= 0.6 is 0 Å². The quantitative estimate of drug-likeness (QED) is 0.863. The molecule has 1 aromatic rings. The molecule has 1 N–H and O–H groups in total. The van der Waals surface area contributed by atoms with Crippen molar-refractivity contribution < 1.29 is 19.2 Å². The standard InChI is InChI=1S/C14H20N2O4/c1-8(2)11-6-12(20-15-11)13(17)16(10-4-5-10)7-9(3)14(18)19/h6,8-10H,4-5,7H2,1-3H3,(H,18,19). The molecule has 0 aromatic carbocycles. The van der Waals surface area contributed by atoms with E-state index in [1.54, 1.807) is 17.9 Å². The molecule has 1 atom stereocenters. The highest BCUT2D eigenvalue weighted by molar-refractivity contribution is 5.92. The third kappa shape index (κ3) is 3.18. The van der Waals surface area contributed by atoms with Crippen molar-refractivity contribution in [2.24, 2.45) is 5.92 Å². The number of aromatic nitrogens is 1. The molecule has 1 amide bonds. The Morgan fingerprint density at radius 1 is 1.45 bits per heavy atom. The zero-order chi connectivity index (χ0) is 14.9. The van der Waals surface area contributed by atoms with Gasteiger partial charge >= 0.3 is 5.97 Å². The maximum Gasteiger partial charge on any atom is 0.308 e. The monoisotopic (exact) mass is 280 g/mol. The van der Waals surface area contributed by atoms with E-state index in [9.17, 15) is 9.59 Å². The van der Waals surface area contributed by atoms with E-state index in [0.717, 1.165) is 18.5 Å². The molecule has 0 radical (unpaired) electrons. The number of nitrogens with zero attached hydrogens (tertiary/aromatic N) is 2. The van der Waals surface area contributed by atoms with Crippen LogP contribution in [0.1, 0.15) is 55.8 Å². The number of hydrogen-bond acceptors (Lipinski definition) is 4. The Morgan fingerprint density at radius 2 is 2.10 bits per heavy atom. The van der Waals surface area contributed by atoms with Gasteiger partial charge in [0.25, 0.3) is 5.91 Å². The van der Waals surface area contributed by atoms with E-state index in [2.05, 4.69) is 5.16 Å². The van der Waals surface area contributed by atoms with Gasteiger partial charge in [0, 0.05) is 18.7 Å². The molecule has 1 saturated carbocycles. The molecule has 2 rings (SSSR count). The third-order valence-electron chi connectivity index (χ3n) is 3.47. The van der Waals surface area contributed by atoms with E-state index in [1.165, 1.54) is 0 Å². The SMILES string of the molecule is CC(CN(C(=O)c1cc(C(C)C)no1)C1CC1)C(=O)O. The van der Waals surface area contributed by atoms with E-state index in [-0.39, 0.29) is 30.2 Å². The Morgan fingerprint density at radius 3 is 2.55 bits per heavy atom. The molecule has 1 aliphatic rings. The molecule has 0 spiro atoms. The lowest BCUT2D eigenvalue weighted by molar-refractivity contribution is -0.141. The molecule has 1 aliphatic carbocycles. The highest BCUT2D eigenvalue weighted by Gasteiger charge is 2.36. The first-order valence-electron chi connectivity index (χ1n) is 6.90. The summed E-state index contributed by atoms with van der Waals surface area (Å²) in [5.41, 5.74) is 0.732. The summed E-state index contributed by atoms with van der Waals surface area (Å²) in [5.74, 6) is -1.37. The van der Waals surface area contributed by atoms with Crippen LogP contribution in [0.5, 0.6) is 0 Å². The number of carboxylic acid groups (broad SMARTS) is 1. The van der Waals surface area contributed by atoms with Crippen LogP contribution in [-0.4, -0.2) is 39.6 Å². The fourth-order valence-corrected chi connectivity index (χ4v) is 1.96. The van der Waals surface area contributed by atoms with Crippen molar-refractivity contribution in [3.8, 4) is 0 Å². The highest BCUT2D eigenvalue weighted by Crippen LogP contribution is 2.29. The average molecular weight is 280 g/mol. The highest BCUT2D eigenvalue weighted by atomic mass is 16.5. The molecule has 6 nitrogen and oxygen atoms in total. The minimum atomic E-state index is -0.899. The van der Waals surface area contributed by atoms with Gasteiger partial charge < -0.3 is 14.5 Å². The van der Waals surface area contributed by atoms with Crippen LogP contribution in [0.2, 0.25) is 0 Å². The first-order valence-corrected chi connectivity index (χ1v) is 6.90. The molecular formula is C14H20N2O4. The van der Waals surface area contributed by atoms with Crippen molar-refractivity contribution in [3.63, 3.8) is 0 Å². The molecule has 20 heavy (non-hydrogen) atoms. The van der Waals surface area contributed by atoms with Gasteiger partial charge in [-0.25, -0.2) is 0 Å². The fraction of sp³-hybridized carbons (Fsp3) is 0.643. The summed E-state index contributed by atoms with van der Waals surface area (Å²) in [7, 11) is 0. The van der Waals surface area contributed by atoms with E-state index >= 15 is 0 Å². The molecule has 0 aliphatic heterocycles. The minimum Gasteiger partial charge on any atom is -0.481 e. The Bertz CT molecular complexity index is 505. The molecule has 6 heteroatoms. The van der Waals surface area contributed by atoms with E-state index in [1.807, 2.05) is 13.8 Å². The first kappa shape index (κ1) is 14.6. The van der Waals surface area contributed by atoms with Gasteiger partial charge in [-0.3, -0.25) is 9.59 Å². The summed E-state index contributed by atoms with van der Waals surface area (Å²) in [5, 5.41) is 12.9. The lowest BCUT2D eigenvalue weighted by Crippen LogP contribution is -2.38. The van der Waals surface area contributed by atoms with Gasteiger partial charge in [-0.1, -0.05) is 25.9 Å². The van der Waals surface area contributed by atoms with Crippen LogP contribution in [0, 0.1) is 5.92 Å². The molecule has 1 aromatic heterocycles. The van der Waals surface area contributed by atoms with Gasteiger partial charge in [0.1, 0.15) is 0 Å². The number of carbonyl (C=O) groups excluding carboxylic acids is 1. The van der Waals surface area contributed by atoms with Crippen molar-refractivity contribution in [2.75, 3.05) is 6.54 Å². The van der Waals surface area contributed by atoms with Crippen molar-refractivity contribution in [1.29, 1.82) is 0 Å². The second kappa shape index (κ2) is 5.64. The molecule has 1 unspecified atom stereocenters. The van der Waals surface area contributed by atoms with Gasteiger partial charge in [-0.15, -0.1) is 0 Å². The van der Waals surface area contributed by atoms with Gasteiger partial charge in [-0.2, -0.15) is 0 Å². The molecule has 0 bridgehead atoms. The Labute approximate surface area is 117 Å². The molecule has 110 valence electrons. The van der Waals surface area contributed by atoms with Crippen molar-refractivity contribution in [2.45, 2.75) is 45.6 Å². The molecule has 1 heterocycles. The largest absolute Gasteiger partial charge is 0.481 e. The normalized spacial score (nSPS) is 16.2. The van der Waals surface area contributed by atoms with Crippen LogP contribution in [0.25, 0.3) is 0 Å². The van der Waals surface area contributed by atoms with E-state index in [4.69, 9.17) is 9.63 Å². The Hall–Kier alpha value is -1.85. The summed E-state index contributed by atoms with van der Waals surface area (Å²) in [6, 6.07) is 1.78. The maximum absolute atomic E-state index is 12.4. The topological polar surface area (TPSA) is 83.6 Å². The molecule has 0 saturated heterocycles. The van der Waals surface area contributed by atoms with Crippen LogP contribution in [0.3, 0.4) is 0 Å². The van der Waals surface area contributed by atoms with E-state index in [0.29, 0.717) is 0 Å². The zero-order valence-electron chi connectivity index (χ0n) is 12.0. The number of carboxylic acids is 1. The summed E-state index contributed by atoms with van der Waals surface area (Å²) in [6.45, 7) is 5.75. The number of rotatable bonds is 6. The summed E-state index contributed by atoms with van der Waals surface area (Å²) < 4.78 is 5.10. The van der Waals surface area contributed by atoms with Gasteiger partial charge in [-0.05, 0) is 18.8 Å². The second-order valence-corrected chi connectivity index (χ2v) is 5.70. The van der Waals surface area contributed by atoms with Gasteiger partial charge in [0.2, 0.25) is 5.76 Å². The Kier molecular flexibility index (Phi) is 4.11. The average Bonchev–Trinajstić information content (AvgIpc) is 3.10. The lowest BCUT2D eigenvalue weighted by Gasteiger charge is -2.22. The van der Waals surface area contributed by atoms with Gasteiger partial charge in [0.15, 0.2) is 0 Å². The van der Waals surface area contributed by atoms with Gasteiger partial charge in [0.05, 0.1) is 11.6 Å². The molecular weight excluding hydrogens is 260 g/mol. The zero-order valence-corrected chi connectivity index (χ0v) is 12.0. The Balaban J connectivity index is 2.12. The third-order valence-corrected chi connectivity index (χ3v) is 3.47. The number of amides is 1. The number of aliphatic carboxylic acids is 1. The van der Waals surface area contributed by atoms with Crippen LogP contribution < -0.4 is 0 Å². The predicted molar refractivity (Wildman–Crippen MR) is 71.5 cm³/mol. The maximum atomic E-state index is 12.4. The lowest BCUT2D eigenvalue weighted by atomic mass is 10.1. The van der Waals surface area contributed by atoms with Crippen molar-refractivity contribution >= 4 is 11.9 Å². The van der Waals surface area contributed by atoms with Crippen molar-refractivity contribution in [3.05, 3.63) is 17.5 Å². The van der Waals surface area contributed by atoms with Crippen molar-refractivity contribution in [1.82, 2.24) is 10.1 Å². The summed E-state index contributed by atoms with van der Waals surface area (Å²) in [6.07, 6.45) is 1.84. The van der Waals surface area contributed by atoms with Crippen LogP contribution in [-0.2, 0) is 4.79 Å². The smallest absolute Gasteiger partial charge is 0.308 e. The minimum absolute atomic E-state index is 0.136. The molecule has 1 fully saturated rings. The number of carbonyl (C=O) groups is 2. The first-order chi connectivity index (χ1) is 9.40. The summed E-state index contributed by atoms with van der Waals surface area (Å²) >= 11 is 0. The van der Waals surface area contributed by atoms with Crippen LogP contribution in [0.15, 0.2) is 10.6 Å². The number of hydrogen-bond donors (Lipinski definition) is 1. The van der Waals surface area contributed by atoms with E-state index < -0.39 is 11.9 Å². The van der Waals surface area contributed by atoms with Crippen LogP contribution in [0.4, 0.5) is 0 Å². The predicted octanol–water partition coefficient (Wildman–Crippen LogP) is 2.12. The second-order valence-electron chi connectivity index (χ2n) is 5.70.